The van der Waals surface area contributed by atoms with Gasteiger partial charge >= 0.3 is 5.97 Å². The Bertz CT molecular complexity index is 1280. The van der Waals surface area contributed by atoms with Crippen molar-refractivity contribution in [1.29, 1.82) is 0 Å². The van der Waals surface area contributed by atoms with Crippen molar-refractivity contribution in [2.24, 2.45) is 0 Å². The number of carbonyl (C=O) groups is 1. The molecule has 1 aromatic heterocycles. The minimum atomic E-state index is -0.891. The summed E-state index contributed by atoms with van der Waals surface area (Å²) in [6.07, 6.45) is 2.26. The maximum absolute atomic E-state index is 12.7. The highest BCUT2D eigenvalue weighted by Gasteiger charge is 2.40. The first-order valence-corrected chi connectivity index (χ1v) is 11.4. The number of para-hydroxylation sites is 1. The summed E-state index contributed by atoms with van der Waals surface area (Å²) in [7, 11) is 0. The number of H-pyrrole nitrogens is 1. The second kappa shape index (κ2) is 9.38. The molecule has 5 aromatic rings. The summed E-state index contributed by atoms with van der Waals surface area (Å²) >= 11 is 0. The number of fused-ring (bicyclic) bond motifs is 1. The molecular weight excluding hydrogens is 420 g/mol. The number of rotatable bonds is 8. The van der Waals surface area contributed by atoms with Crippen LogP contribution in [-0.2, 0) is 16.8 Å². The highest BCUT2D eigenvalue weighted by molar-refractivity contribution is 5.84. The van der Waals surface area contributed by atoms with E-state index < -0.39 is 17.6 Å². The standard InChI is InChI=1S/C30H26N2O2/c33-29(34)28(20-22-21-31-27-19-11-10-18-26(22)27)32-30(23-12-4-1-5-13-23,24-14-6-2-7-15-24)25-16-8-3-9-17-25/h1-19,21,28,31-32H,20H2,(H,33,34). The number of benzene rings is 4. The Kier molecular flexibility index (Phi) is 5.98. The molecule has 0 aliphatic carbocycles. The van der Waals surface area contributed by atoms with E-state index in [2.05, 4.69) is 46.7 Å². The molecule has 0 aliphatic rings. The van der Waals surface area contributed by atoms with Gasteiger partial charge in [0.15, 0.2) is 0 Å². The molecule has 1 heterocycles. The summed E-state index contributed by atoms with van der Waals surface area (Å²) in [5, 5.41) is 15.0. The lowest BCUT2D eigenvalue weighted by molar-refractivity contribution is -0.139. The molecule has 1 unspecified atom stereocenters. The molecule has 3 N–H and O–H groups in total. The van der Waals surface area contributed by atoms with E-state index in [1.807, 2.05) is 85.1 Å². The van der Waals surface area contributed by atoms with Crippen molar-refractivity contribution in [1.82, 2.24) is 10.3 Å². The van der Waals surface area contributed by atoms with E-state index in [0.717, 1.165) is 33.2 Å². The molecule has 0 fully saturated rings. The molecule has 168 valence electrons. The van der Waals surface area contributed by atoms with Gasteiger partial charge in [0, 0.05) is 23.5 Å². The molecule has 0 aliphatic heterocycles. The monoisotopic (exact) mass is 446 g/mol. The highest BCUT2D eigenvalue weighted by Crippen LogP contribution is 2.37. The maximum atomic E-state index is 12.7. The number of carboxylic acid groups (broad SMARTS) is 1. The minimum absolute atomic E-state index is 0.341. The van der Waals surface area contributed by atoms with Gasteiger partial charge in [0.25, 0.3) is 0 Å². The summed E-state index contributed by atoms with van der Waals surface area (Å²) in [4.78, 5) is 15.9. The van der Waals surface area contributed by atoms with Crippen LogP contribution in [0.3, 0.4) is 0 Å². The van der Waals surface area contributed by atoms with Crippen LogP contribution in [0, 0.1) is 0 Å². The van der Waals surface area contributed by atoms with Crippen molar-refractivity contribution >= 4 is 16.9 Å². The maximum Gasteiger partial charge on any atom is 0.321 e. The summed E-state index contributed by atoms with van der Waals surface area (Å²) in [5.41, 5.74) is 4.08. The molecule has 0 bridgehead atoms. The van der Waals surface area contributed by atoms with Crippen LogP contribution in [0.5, 0.6) is 0 Å². The van der Waals surface area contributed by atoms with E-state index in [1.165, 1.54) is 0 Å². The zero-order valence-corrected chi connectivity index (χ0v) is 18.7. The smallest absolute Gasteiger partial charge is 0.321 e. The van der Waals surface area contributed by atoms with Crippen molar-refractivity contribution in [3.05, 3.63) is 144 Å². The van der Waals surface area contributed by atoms with E-state index in [0.29, 0.717) is 6.42 Å². The normalized spacial score (nSPS) is 12.5. The van der Waals surface area contributed by atoms with Gasteiger partial charge in [0.2, 0.25) is 0 Å². The van der Waals surface area contributed by atoms with Crippen LogP contribution in [0.25, 0.3) is 10.9 Å². The van der Waals surface area contributed by atoms with Gasteiger partial charge in [0.05, 0.1) is 5.54 Å². The summed E-state index contributed by atoms with van der Waals surface area (Å²) < 4.78 is 0. The third-order valence-electron chi connectivity index (χ3n) is 6.41. The van der Waals surface area contributed by atoms with Gasteiger partial charge in [-0.1, -0.05) is 109 Å². The molecule has 0 saturated carbocycles. The lowest BCUT2D eigenvalue weighted by Crippen LogP contribution is -2.53. The first-order chi connectivity index (χ1) is 16.7. The molecule has 0 spiro atoms. The first-order valence-electron chi connectivity index (χ1n) is 11.4. The van der Waals surface area contributed by atoms with Crippen molar-refractivity contribution in [3.8, 4) is 0 Å². The van der Waals surface area contributed by atoms with Crippen molar-refractivity contribution in [2.75, 3.05) is 0 Å². The second-order valence-electron chi connectivity index (χ2n) is 8.45. The van der Waals surface area contributed by atoms with Crippen LogP contribution in [-0.4, -0.2) is 22.1 Å². The number of hydrogen-bond donors (Lipinski definition) is 3. The minimum Gasteiger partial charge on any atom is -0.480 e. The average molecular weight is 447 g/mol. The largest absolute Gasteiger partial charge is 0.480 e. The van der Waals surface area contributed by atoms with Crippen LogP contribution < -0.4 is 5.32 Å². The molecule has 5 rings (SSSR count). The van der Waals surface area contributed by atoms with Crippen molar-refractivity contribution in [2.45, 2.75) is 18.0 Å². The van der Waals surface area contributed by atoms with E-state index >= 15 is 0 Å². The van der Waals surface area contributed by atoms with Crippen LogP contribution >= 0.6 is 0 Å². The molecule has 0 radical (unpaired) electrons. The summed E-state index contributed by atoms with van der Waals surface area (Å²) in [6.45, 7) is 0. The van der Waals surface area contributed by atoms with Crippen LogP contribution in [0.15, 0.2) is 121 Å². The Labute approximate surface area is 198 Å². The fourth-order valence-electron chi connectivity index (χ4n) is 4.80. The zero-order valence-electron chi connectivity index (χ0n) is 18.7. The van der Waals surface area contributed by atoms with E-state index in [9.17, 15) is 9.90 Å². The van der Waals surface area contributed by atoms with Crippen LogP contribution in [0.1, 0.15) is 22.3 Å². The SMILES string of the molecule is O=C(O)C(Cc1c[nH]c2ccccc12)NC(c1ccccc1)(c1ccccc1)c1ccccc1. The van der Waals surface area contributed by atoms with Gasteiger partial charge < -0.3 is 10.1 Å². The lowest BCUT2D eigenvalue weighted by Gasteiger charge is -2.39. The van der Waals surface area contributed by atoms with Crippen LogP contribution in [0.2, 0.25) is 0 Å². The Balaban J connectivity index is 1.67. The Morgan fingerprint density at radius 3 is 1.71 bits per heavy atom. The molecule has 1 atom stereocenters. The number of nitrogens with one attached hydrogen (secondary N) is 2. The molecule has 0 saturated heterocycles. The quantitative estimate of drug-likeness (QED) is 0.266. The van der Waals surface area contributed by atoms with Gasteiger partial charge in [-0.25, -0.2) is 0 Å². The molecule has 4 heteroatoms. The van der Waals surface area contributed by atoms with E-state index in [-0.39, 0.29) is 0 Å². The number of aliphatic carboxylic acids is 1. The Morgan fingerprint density at radius 1 is 0.735 bits per heavy atom. The number of carboxylic acids is 1. The lowest BCUT2D eigenvalue weighted by atomic mass is 9.76. The van der Waals surface area contributed by atoms with Crippen molar-refractivity contribution < 1.29 is 9.90 Å². The average Bonchev–Trinajstić information content (AvgIpc) is 3.31. The number of hydrogen-bond acceptors (Lipinski definition) is 2. The molecular formula is C30H26N2O2. The van der Waals surface area contributed by atoms with Gasteiger partial charge in [-0.2, -0.15) is 0 Å². The summed E-state index contributed by atoms with van der Waals surface area (Å²) in [5.74, 6) is -0.891. The van der Waals surface area contributed by atoms with Gasteiger partial charge in [0.1, 0.15) is 6.04 Å². The number of aromatic amines is 1. The molecule has 34 heavy (non-hydrogen) atoms. The van der Waals surface area contributed by atoms with E-state index in [4.69, 9.17) is 0 Å². The Hall–Kier alpha value is -4.15. The van der Waals surface area contributed by atoms with Gasteiger partial charge in [-0.15, -0.1) is 0 Å². The molecule has 4 aromatic carbocycles. The fraction of sp³-hybridized carbons (Fsp3) is 0.100. The molecule has 4 nitrogen and oxygen atoms in total. The predicted molar refractivity (Wildman–Crippen MR) is 136 cm³/mol. The predicted octanol–water partition coefficient (Wildman–Crippen LogP) is 5.75. The first kappa shape index (κ1) is 21.7. The highest BCUT2D eigenvalue weighted by atomic mass is 16.4. The topological polar surface area (TPSA) is 65.1 Å². The molecule has 0 amide bonds. The fourth-order valence-corrected chi connectivity index (χ4v) is 4.80. The van der Waals surface area contributed by atoms with Gasteiger partial charge in [-0.05, 0) is 28.3 Å². The number of aromatic nitrogens is 1. The van der Waals surface area contributed by atoms with Crippen molar-refractivity contribution in [3.63, 3.8) is 0 Å². The zero-order chi connectivity index (χ0) is 23.4. The van der Waals surface area contributed by atoms with Gasteiger partial charge in [-0.3, -0.25) is 10.1 Å². The van der Waals surface area contributed by atoms with E-state index in [1.54, 1.807) is 0 Å². The summed E-state index contributed by atoms with van der Waals surface area (Å²) in [6, 6.07) is 37.4. The van der Waals surface area contributed by atoms with Crippen LogP contribution in [0.4, 0.5) is 0 Å². The second-order valence-corrected chi connectivity index (χ2v) is 8.45. The third-order valence-corrected chi connectivity index (χ3v) is 6.41. The third kappa shape index (κ3) is 4.00. The Morgan fingerprint density at radius 2 is 1.21 bits per heavy atom.